The third kappa shape index (κ3) is 5.28. The van der Waals surface area contributed by atoms with Gasteiger partial charge in [0.25, 0.3) is 0 Å². The molecule has 0 aliphatic rings. The number of hydrogen-bond donors (Lipinski definition) is 2. The molecule has 8 heteroatoms. The van der Waals surface area contributed by atoms with Crippen molar-refractivity contribution in [3.8, 4) is 0 Å². The van der Waals surface area contributed by atoms with Crippen LogP contribution in [0, 0.1) is 0 Å². The lowest BCUT2D eigenvalue weighted by Crippen LogP contribution is -2.43. The molecule has 0 aromatic heterocycles. The average molecular weight is 343 g/mol. The van der Waals surface area contributed by atoms with Crippen LogP contribution >= 0.6 is 0 Å². The van der Waals surface area contributed by atoms with Gasteiger partial charge in [-0.15, -0.1) is 0 Å². The maximum atomic E-state index is 12.3. The Morgan fingerprint density at radius 3 is 2.35 bits per heavy atom. The number of carbonyl (C=O) groups excluding carboxylic acids is 1. The normalized spacial score (nSPS) is 13.3. The lowest BCUT2D eigenvalue weighted by molar-refractivity contribution is -0.123. The predicted octanol–water partition coefficient (Wildman–Crippen LogP) is 0.305. The van der Waals surface area contributed by atoms with Gasteiger partial charge >= 0.3 is 0 Å². The molecule has 1 aromatic carbocycles. The Labute approximate surface area is 137 Å². The summed E-state index contributed by atoms with van der Waals surface area (Å²) >= 11 is 0. The van der Waals surface area contributed by atoms with Crippen molar-refractivity contribution in [3.05, 3.63) is 29.8 Å². The summed E-state index contributed by atoms with van der Waals surface area (Å²) in [4.78, 5) is 11.9. The maximum absolute atomic E-state index is 12.3. The Kier molecular flexibility index (Phi) is 7.14. The molecular formula is C15H25N3O4S. The van der Waals surface area contributed by atoms with Crippen LogP contribution in [0.3, 0.4) is 0 Å². The number of nitrogens with two attached hydrogens (primary N) is 1. The number of amides is 1. The van der Waals surface area contributed by atoms with Crippen LogP contribution in [-0.4, -0.2) is 51.5 Å². The first-order valence-corrected chi connectivity index (χ1v) is 8.73. The zero-order chi connectivity index (χ0) is 17.6. The molecule has 1 unspecified atom stereocenters. The van der Waals surface area contributed by atoms with E-state index in [4.69, 9.17) is 10.5 Å². The van der Waals surface area contributed by atoms with E-state index >= 15 is 0 Å². The van der Waals surface area contributed by atoms with E-state index in [0.717, 1.165) is 5.56 Å². The van der Waals surface area contributed by atoms with Crippen LogP contribution in [0.5, 0.6) is 0 Å². The molecule has 7 nitrogen and oxygen atoms in total. The number of hydrogen-bond acceptors (Lipinski definition) is 5. The number of nitrogens with one attached hydrogen (secondary N) is 1. The number of sulfonamides is 1. The lowest BCUT2D eigenvalue weighted by atomic mass is 10.2. The van der Waals surface area contributed by atoms with E-state index in [9.17, 15) is 13.2 Å². The smallest absolute Gasteiger partial charge is 0.243 e. The fourth-order valence-electron chi connectivity index (χ4n) is 1.80. The van der Waals surface area contributed by atoms with Crippen molar-refractivity contribution >= 4 is 15.9 Å². The quantitative estimate of drug-likeness (QED) is 0.707. The molecule has 1 rings (SSSR count). The first-order valence-electron chi connectivity index (χ1n) is 7.29. The Hall–Kier alpha value is -1.48. The second-order valence-electron chi connectivity index (χ2n) is 5.54. The summed E-state index contributed by atoms with van der Waals surface area (Å²) in [6.45, 7) is 4.04. The van der Waals surface area contributed by atoms with Crippen LogP contribution < -0.4 is 11.1 Å². The minimum Gasteiger partial charge on any atom is -0.383 e. The minimum absolute atomic E-state index is 0.124. The summed E-state index contributed by atoms with van der Waals surface area (Å²) in [6, 6.07) is 5.56. The Balaban J connectivity index is 2.72. The summed E-state index contributed by atoms with van der Waals surface area (Å²) < 4.78 is 30.8. The van der Waals surface area contributed by atoms with Crippen molar-refractivity contribution in [2.75, 3.05) is 20.8 Å². The highest BCUT2D eigenvalue weighted by molar-refractivity contribution is 7.89. The highest BCUT2D eigenvalue weighted by Gasteiger charge is 2.22. The third-order valence-electron chi connectivity index (χ3n) is 3.48. The minimum atomic E-state index is -3.50. The van der Waals surface area contributed by atoms with E-state index in [1.165, 1.54) is 23.5 Å². The van der Waals surface area contributed by atoms with Crippen LogP contribution in [0.2, 0.25) is 0 Å². The van der Waals surface area contributed by atoms with Crippen molar-refractivity contribution in [1.82, 2.24) is 9.62 Å². The molecule has 0 saturated carbocycles. The topological polar surface area (TPSA) is 102 Å². The van der Waals surface area contributed by atoms with Crippen LogP contribution in [0.25, 0.3) is 0 Å². The molecule has 3 N–H and O–H groups in total. The molecule has 1 amide bonds. The van der Waals surface area contributed by atoms with Crippen LogP contribution in [-0.2, 0) is 26.1 Å². The zero-order valence-corrected chi connectivity index (χ0v) is 14.8. The van der Waals surface area contributed by atoms with Gasteiger partial charge in [0.1, 0.15) is 6.04 Å². The fourth-order valence-corrected chi connectivity index (χ4v) is 3.17. The van der Waals surface area contributed by atoms with E-state index in [0.29, 0.717) is 0 Å². The molecule has 0 fully saturated rings. The molecule has 0 spiro atoms. The van der Waals surface area contributed by atoms with Crippen molar-refractivity contribution in [2.24, 2.45) is 5.73 Å². The highest BCUT2D eigenvalue weighted by Crippen LogP contribution is 2.17. The molecule has 1 atom stereocenters. The summed E-state index contributed by atoms with van der Waals surface area (Å²) in [5.74, 6) is -0.317. The van der Waals surface area contributed by atoms with Crippen LogP contribution in [0.1, 0.15) is 19.4 Å². The van der Waals surface area contributed by atoms with Gasteiger partial charge in [0, 0.05) is 26.7 Å². The van der Waals surface area contributed by atoms with E-state index in [-0.39, 0.29) is 30.0 Å². The molecule has 0 saturated heterocycles. The maximum Gasteiger partial charge on any atom is 0.243 e. The van der Waals surface area contributed by atoms with Gasteiger partial charge in [-0.25, -0.2) is 8.42 Å². The van der Waals surface area contributed by atoms with E-state index in [1.807, 2.05) is 13.8 Å². The number of carbonyl (C=O) groups is 1. The number of rotatable bonds is 8. The molecule has 0 heterocycles. The number of methoxy groups -OCH3 is 1. The molecule has 0 aliphatic heterocycles. The first kappa shape index (κ1) is 19.6. The highest BCUT2D eigenvalue weighted by atomic mass is 32.2. The van der Waals surface area contributed by atoms with Gasteiger partial charge in [0.2, 0.25) is 15.9 Å². The van der Waals surface area contributed by atoms with Crippen LogP contribution in [0.4, 0.5) is 0 Å². The lowest BCUT2D eigenvalue weighted by Gasteiger charge is -2.21. The molecule has 1 aromatic rings. The van der Waals surface area contributed by atoms with E-state index < -0.39 is 16.1 Å². The largest absolute Gasteiger partial charge is 0.383 e. The summed E-state index contributed by atoms with van der Waals surface area (Å²) in [6.07, 6.45) is 0. The molecule has 0 aliphatic carbocycles. The first-order chi connectivity index (χ1) is 10.7. The monoisotopic (exact) mass is 343 g/mol. The molecule has 130 valence electrons. The molecule has 0 radical (unpaired) electrons. The van der Waals surface area contributed by atoms with Gasteiger partial charge in [-0.2, -0.15) is 4.31 Å². The second-order valence-corrected chi connectivity index (χ2v) is 7.54. The predicted molar refractivity (Wildman–Crippen MR) is 88.2 cm³/mol. The van der Waals surface area contributed by atoms with Gasteiger partial charge in [0.05, 0.1) is 11.5 Å². The third-order valence-corrected chi connectivity index (χ3v) is 5.53. The SMILES string of the molecule is COCC(N)C(=O)NCc1ccc(S(=O)(=O)N(C)C(C)C)cc1. The standard InChI is InChI=1S/C15H25N3O4S/c1-11(2)18(3)23(20,21)13-7-5-12(6-8-13)9-17-15(19)14(16)10-22-4/h5-8,11,14H,9-10,16H2,1-4H3,(H,17,19). The van der Waals surface area contributed by atoms with Gasteiger partial charge in [-0.3, -0.25) is 4.79 Å². The Morgan fingerprint density at radius 2 is 1.87 bits per heavy atom. The number of nitrogens with zero attached hydrogens (tertiary/aromatic N) is 1. The molecule has 0 bridgehead atoms. The van der Waals surface area contributed by atoms with E-state index in [1.54, 1.807) is 19.2 Å². The Bertz CT molecular complexity index is 614. The fraction of sp³-hybridized carbons (Fsp3) is 0.533. The summed E-state index contributed by atoms with van der Waals surface area (Å²) in [5.41, 5.74) is 6.40. The Morgan fingerprint density at radius 1 is 1.30 bits per heavy atom. The van der Waals surface area contributed by atoms with Gasteiger partial charge < -0.3 is 15.8 Å². The second kappa shape index (κ2) is 8.39. The summed E-state index contributed by atoms with van der Waals surface area (Å²) in [5, 5.41) is 2.68. The molecular weight excluding hydrogens is 318 g/mol. The number of benzene rings is 1. The van der Waals surface area contributed by atoms with Crippen LogP contribution in [0.15, 0.2) is 29.2 Å². The van der Waals surface area contributed by atoms with Crippen molar-refractivity contribution in [1.29, 1.82) is 0 Å². The average Bonchev–Trinajstić information content (AvgIpc) is 2.52. The van der Waals surface area contributed by atoms with Gasteiger partial charge in [-0.05, 0) is 31.5 Å². The van der Waals surface area contributed by atoms with Crippen molar-refractivity contribution in [3.63, 3.8) is 0 Å². The van der Waals surface area contributed by atoms with Crippen molar-refractivity contribution < 1.29 is 17.9 Å². The number of ether oxygens (including phenoxy) is 1. The van der Waals surface area contributed by atoms with Crippen molar-refractivity contribution in [2.45, 2.75) is 37.4 Å². The van der Waals surface area contributed by atoms with Gasteiger partial charge in [0.15, 0.2) is 0 Å². The van der Waals surface area contributed by atoms with E-state index in [2.05, 4.69) is 5.32 Å². The van der Waals surface area contributed by atoms with Gasteiger partial charge in [-0.1, -0.05) is 12.1 Å². The zero-order valence-electron chi connectivity index (χ0n) is 13.9. The summed E-state index contributed by atoms with van der Waals surface area (Å²) in [7, 11) is -0.478. The molecule has 23 heavy (non-hydrogen) atoms.